The molecule has 1 aliphatic rings. The van der Waals surface area contributed by atoms with Crippen LogP contribution in [-0.2, 0) is 4.79 Å². The van der Waals surface area contributed by atoms with Crippen molar-refractivity contribution in [1.82, 2.24) is 4.57 Å². The maximum absolute atomic E-state index is 11.9. The van der Waals surface area contributed by atoms with Crippen LogP contribution in [0.5, 0.6) is 0 Å². The van der Waals surface area contributed by atoms with Gasteiger partial charge in [-0.15, -0.1) is 12.3 Å². The van der Waals surface area contributed by atoms with Gasteiger partial charge in [0.25, 0.3) is 0 Å². The predicted octanol–water partition coefficient (Wildman–Crippen LogP) is 1.47. The Morgan fingerprint density at radius 1 is 1.40 bits per heavy atom. The van der Waals surface area contributed by atoms with E-state index < -0.39 is 0 Å². The van der Waals surface area contributed by atoms with Crippen LogP contribution >= 0.6 is 0 Å². The third kappa shape index (κ3) is 4.14. The van der Waals surface area contributed by atoms with Gasteiger partial charge in [0.1, 0.15) is 0 Å². The van der Waals surface area contributed by atoms with Gasteiger partial charge in [0.2, 0.25) is 0 Å². The van der Waals surface area contributed by atoms with Crippen molar-refractivity contribution >= 4 is 11.6 Å². The molecule has 0 N–H and O–H groups in total. The number of carbonyl (C=O) groups is 1. The molecule has 102 valence electrons. The Balaban J connectivity index is 0.00000115. The van der Waals surface area contributed by atoms with Crippen molar-refractivity contribution in [3.63, 3.8) is 0 Å². The van der Waals surface area contributed by atoms with Crippen LogP contribution in [0, 0.1) is 0 Å². The van der Waals surface area contributed by atoms with Crippen molar-refractivity contribution in [3.05, 3.63) is 59.8 Å². The average Bonchev–Trinajstić information content (AvgIpc) is 2.89. The summed E-state index contributed by atoms with van der Waals surface area (Å²) < 4.78 is 2.00. The average molecular weight is 343 g/mol. The molecule has 0 aliphatic carbocycles. The number of carbonyl (C=O) groups excluding carboxylic acids is 1. The van der Waals surface area contributed by atoms with Crippen LogP contribution in [0.25, 0.3) is 11.0 Å². The standard InChI is InChI=1S/C14H16N2O.C2H6.Rb/c1-4-7-13-11(5-2)15-14(17)10(3)12-8-6-9-16(12)13;1-2;/h4-10H,2H2,1,3H3,(H,15,17);1-2H3;/q;;+1/p-1/b7-4-;;. The Bertz CT molecular complexity index is 526. The number of amides is 1. The maximum atomic E-state index is 11.9. The van der Waals surface area contributed by atoms with Crippen LogP contribution in [0.1, 0.15) is 39.3 Å². The minimum absolute atomic E-state index is 0. The zero-order chi connectivity index (χ0) is 14.4. The smallest absolute Gasteiger partial charge is 0.625 e. The van der Waals surface area contributed by atoms with E-state index in [1.54, 1.807) is 6.08 Å². The fourth-order valence-electron chi connectivity index (χ4n) is 1.96. The topological polar surface area (TPSA) is 36.1 Å². The third-order valence-corrected chi connectivity index (χ3v) is 2.86. The molecule has 1 unspecified atom stereocenters. The fraction of sp³-hybridized carbons (Fsp3) is 0.312. The van der Waals surface area contributed by atoms with Crippen molar-refractivity contribution in [2.24, 2.45) is 0 Å². The van der Waals surface area contributed by atoms with E-state index in [9.17, 15) is 4.79 Å². The summed E-state index contributed by atoms with van der Waals surface area (Å²) in [5.74, 6) is -0.345. The monoisotopic (exact) mass is 342 g/mol. The fourth-order valence-corrected chi connectivity index (χ4v) is 1.96. The zero-order valence-electron chi connectivity index (χ0n) is 13.1. The summed E-state index contributed by atoms with van der Waals surface area (Å²) in [4.78, 5) is 11.9. The Morgan fingerprint density at radius 2 is 2.05 bits per heavy atom. The number of nitrogens with zero attached hydrogens (tertiary/aromatic N) is 2. The summed E-state index contributed by atoms with van der Waals surface area (Å²) in [6.07, 6.45) is 7.43. The summed E-state index contributed by atoms with van der Waals surface area (Å²) in [7, 11) is 0. The summed E-state index contributed by atoms with van der Waals surface area (Å²) in [5.41, 5.74) is 2.47. The molecular weight excluding hydrogens is 322 g/mol. The Kier molecular flexibility index (Phi) is 9.56. The normalized spacial score (nSPS) is 17.4. The number of allylic oxidation sites excluding steroid dienone is 4. The third-order valence-electron chi connectivity index (χ3n) is 2.86. The van der Waals surface area contributed by atoms with Gasteiger partial charge < -0.3 is 14.7 Å². The second kappa shape index (κ2) is 9.66. The van der Waals surface area contributed by atoms with E-state index in [-0.39, 0.29) is 70.0 Å². The minimum Gasteiger partial charge on any atom is -0.625 e. The van der Waals surface area contributed by atoms with E-state index in [4.69, 9.17) is 0 Å². The van der Waals surface area contributed by atoms with Crippen LogP contribution in [0.4, 0.5) is 0 Å². The van der Waals surface area contributed by atoms with Gasteiger partial charge in [0, 0.05) is 23.5 Å². The number of rotatable bonds is 2. The SMILES string of the molecule is C=CC1=C(/C=C\C)n2cccc2C(C)C(=O)[N-]1.CC.[Rb+]. The molecule has 20 heavy (non-hydrogen) atoms. The largest absolute Gasteiger partial charge is 1.00 e. The molecule has 2 rings (SSSR count). The number of fused-ring (bicyclic) bond motifs is 1. The number of hydrogen-bond acceptors (Lipinski definition) is 1. The van der Waals surface area contributed by atoms with Crippen LogP contribution in [0.3, 0.4) is 0 Å². The van der Waals surface area contributed by atoms with Crippen molar-refractivity contribution in [2.45, 2.75) is 33.6 Å². The van der Waals surface area contributed by atoms with Gasteiger partial charge in [0.05, 0.1) is 5.91 Å². The molecule has 1 aromatic rings. The number of hydrogen-bond donors (Lipinski definition) is 0. The van der Waals surface area contributed by atoms with Gasteiger partial charge in [-0.25, -0.2) is 0 Å². The molecule has 2 heterocycles. The molecule has 0 radical (unpaired) electrons. The van der Waals surface area contributed by atoms with E-state index >= 15 is 0 Å². The van der Waals surface area contributed by atoms with Gasteiger partial charge in [-0.05, 0) is 25.1 Å². The first-order chi connectivity index (χ1) is 9.19. The second-order valence-electron chi connectivity index (χ2n) is 3.95. The van der Waals surface area contributed by atoms with E-state index in [1.165, 1.54) is 0 Å². The summed E-state index contributed by atoms with van der Waals surface area (Å²) in [6, 6.07) is 3.89. The van der Waals surface area contributed by atoms with Gasteiger partial charge in [-0.3, -0.25) is 0 Å². The molecule has 0 bridgehead atoms. The second-order valence-corrected chi connectivity index (χ2v) is 3.95. The molecule has 0 aromatic carbocycles. The summed E-state index contributed by atoms with van der Waals surface area (Å²) >= 11 is 0. The zero-order valence-corrected chi connectivity index (χ0v) is 18.0. The van der Waals surface area contributed by atoms with Crippen LogP contribution < -0.4 is 58.2 Å². The Labute approximate surface area is 170 Å². The molecule has 1 atom stereocenters. The van der Waals surface area contributed by atoms with Gasteiger partial charge in [-0.2, -0.15) is 0 Å². The molecule has 1 aromatic heterocycles. The Morgan fingerprint density at radius 3 is 2.60 bits per heavy atom. The quantitative estimate of drug-likeness (QED) is 0.801. The van der Waals surface area contributed by atoms with Crippen LogP contribution in [-0.4, -0.2) is 10.5 Å². The first-order valence-corrected chi connectivity index (χ1v) is 6.61. The van der Waals surface area contributed by atoms with Gasteiger partial charge in [0.15, 0.2) is 0 Å². The molecule has 1 aliphatic heterocycles. The minimum atomic E-state index is -0.220. The maximum Gasteiger partial charge on any atom is 1.00 e. The van der Waals surface area contributed by atoms with Gasteiger partial charge in [-0.1, -0.05) is 32.9 Å². The molecule has 4 heteroatoms. The van der Waals surface area contributed by atoms with Crippen LogP contribution in [0.2, 0.25) is 0 Å². The summed E-state index contributed by atoms with van der Waals surface area (Å²) in [6.45, 7) is 11.5. The molecular formula is C16H21N2ORb. The number of aromatic nitrogens is 1. The van der Waals surface area contributed by atoms with Crippen molar-refractivity contribution in [1.29, 1.82) is 0 Å². The first kappa shape index (κ1) is 19.8. The summed E-state index contributed by atoms with van der Waals surface area (Å²) in [5, 5.41) is 4.11. The van der Waals surface area contributed by atoms with Gasteiger partial charge >= 0.3 is 58.2 Å². The molecule has 1 amide bonds. The molecule has 0 saturated carbocycles. The van der Waals surface area contributed by atoms with Crippen LogP contribution in [0.15, 0.2) is 48.8 Å². The Hall–Kier alpha value is -0.225. The molecule has 0 fully saturated rings. The van der Waals surface area contributed by atoms with E-state index in [2.05, 4.69) is 11.9 Å². The first-order valence-electron chi connectivity index (χ1n) is 6.61. The molecule has 3 nitrogen and oxygen atoms in total. The predicted molar refractivity (Wildman–Crippen MR) is 80.8 cm³/mol. The van der Waals surface area contributed by atoms with E-state index in [0.717, 1.165) is 11.4 Å². The molecule has 0 spiro atoms. The van der Waals surface area contributed by atoms with Crippen molar-refractivity contribution < 1.29 is 63.0 Å². The van der Waals surface area contributed by atoms with E-state index in [0.29, 0.717) is 5.70 Å². The van der Waals surface area contributed by atoms with Crippen molar-refractivity contribution in [2.75, 3.05) is 0 Å². The van der Waals surface area contributed by atoms with E-state index in [1.807, 2.05) is 62.7 Å². The van der Waals surface area contributed by atoms with Crippen molar-refractivity contribution in [3.8, 4) is 0 Å². The molecule has 0 saturated heterocycles.